The molecule has 0 spiro atoms. The van der Waals surface area contributed by atoms with Crippen molar-refractivity contribution >= 4 is 23.5 Å². The van der Waals surface area contributed by atoms with Crippen molar-refractivity contribution in [3.05, 3.63) is 35.3 Å². The monoisotopic (exact) mass is 387 g/mol. The second kappa shape index (κ2) is 8.70. The minimum absolute atomic E-state index is 0.183. The van der Waals surface area contributed by atoms with Gasteiger partial charge >= 0.3 is 6.03 Å². The molecule has 0 atom stereocenters. The third-order valence-electron chi connectivity index (χ3n) is 4.64. The molecule has 3 rings (SSSR count). The molecule has 0 unspecified atom stereocenters. The Kier molecular flexibility index (Phi) is 6.09. The van der Waals surface area contributed by atoms with Crippen molar-refractivity contribution in [2.75, 3.05) is 50.5 Å². The van der Waals surface area contributed by atoms with Crippen LogP contribution in [-0.2, 0) is 6.54 Å². The normalized spacial score (nSPS) is 14.6. The van der Waals surface area contributed by atoms with Crippen LogP contribution in [0.1, 0.15) is 21.9 Å². The number of rotatable bonds is 5. The maximum atomic E-state index is 11.7. The Morgan fingerprint density at radius 1 is 1.14 bits per heavy atom. The number of nitrogens with one attached hydrogen (secondary N) is 3. The number of amides is 3. The highest BCUT2D eigenvalue weighted by molar-refractivity contribution is 5.92. The fraction of sp³-hybridized carbons (Fsp3) is 0.444. The Hall–Kier alpha value is -3.14. The average Bonchev–Trinajstić information content (AvgIpc) is 3.14. The van der Waals surface area contributed by atoms with Gasteiger partial charge in [-0.2, -0.15) is 0 Å². The summed E-state index contributed by atoms with van der Waals surface area (Å²) in [6.07, 6.45) is 0. The molecule has 3 heterocycles. The maximum absolute atomic E-state index is 11.7. The largest absolute Gasteiger partial charge is 0.368 e. The van der Waals surface area contributed by atoms with Crippen molar-refractivity contribution in [2.45, 2.75) is 13.5 Å². The van der Waals surface area contributed by atoms with Gasteiger partial charge in [-0.05, 0) is 19.1 Å². The fourth-order valence-electron chi connectivity index (χ4n) is 3.14. The summed E-state index contributed by atoms with van der Waals surface area (Å²) < 4.78 is 5.12. The number of aryl methyl sites for hydroxylation is 1. The van der Waals surface area contributed by atoms with E-state index < -0.39 is 0 Å². The summed E-state index contributed by atoms with van der Waals surface area (Å²) in [7, 11) is 3.13. The van der Waals surface area contributed by atoms with Gasteiger partial charge in [-0.1, -0.05) is 5.16 Å². The van der Waals surface area contributed by atoms with Crippen molar-refractivity contribution in [1.29, 1.82) is 0 Å². The van der Waals surface area contributed by atoms with Crippen LogP contribution in [0.25, 0.3) is 0 Å². The van der Waals surface area contributed by atoms with Crippen LogP contribution in [0.15, 0.2) is 22.7 Å². The highest BCUT2D eigenvalue weighted by Crippen LogP contribution is 2.21. The minimum atomic E-state index is -0.345. The van der Waals surface area contributed by atoms with Crippen molar-refractivity contribution in [3.8, 4) is 0 Å². The van der Waals surface area contributed by atoms with Gasteiger partial charge in [0, 0.05) is 52.9 Å². The first-order chi connectivity index (χ1) is 13.5. The van der Waals surface area contributed by atoms with Crippen molar-refractivity contribution in [3.63, 3.8) is 0 Å². The number of piperazine rings is 1. The fourth-order valence-corrected chi connectivity index (χ4v) is 3.14. The standard InChI is InChI=1S/C18H25N7O3/c1-12-15(5-4-14(21-12)17(26)19-2)25-8-6-24(7-9-25)11-13-10-16(28-23-13)22-18(27)20-3/h4-5,10H,6-9,11H2,1-3H3,(H,19,26)(H2,20,22,27). The molecule has 0 aliphatic carbocycles. The second-order valence-corrected chi connectivity index (χ2v) is 6.53. The van der Waals surface area contributed by atoms with Crippen LogP contribution in [-0.4, -0.2) is 67.3 Å². The number of hydrogen-bond donors (Lipinski definition) is 3. The molecule has 0 saturated carbocycles. The highest BCUT2D eigenvalue weighted by atomic mass is 16.5. The van der Waals surface area contributed by atoms with Crippen LogP contribution in [0.3, 0.4) is 0 Å². The molecular weight excluding hydrogens is 362 g/mol. The summed E-state index contributed by atoms with van der Waals surface area (Å²) in [5.41, 5.74) is 3.09. The summed E-state index contributed by atoms with van der Waals surface area (Å²) in [4.78, 5) is 32.0. The number of hydrogen-bond acceptors (Lipinski definition) is 7. The highest BCUT2D eigenvalue weighted by Gasteiger charge is 2.21. The van der Waals surface area contributed by atoms with Crippen molar-refractivity contribution in [1.82, 2.24) is 25.7 Å². The first kappa shape index (κ1) is 19.6. The predicted molar refractivity (Wildman–Crippen MR) is 104 cm³/mol. The van der Waals surface area contributed by atoms with Crippen LogP contribution in [0.2, 0.25) is 0 Å². The van der Waals surface area contributed by atoms with Gasteiger partial charge in [-0.25, -0.2) is 9.78 Å². The molecule has 3 N–H and O–H groups in total. The van der Waals surface area contributed by atoms with E-state index in [0.717, 1.165) is 43.3 Å². The third-order valence-corrected chi connectivity index (χ3v) is 4.64. The topological polar surface area (TPSA) is 116 Å². The van der Waals surface area contributed by atoms with Gasteiger partial charge in [0.05, 0.1) is 17.1 Å². The molecule has 150 valence electrons. The molecule has 1 aliphatic rings. The lowest BCUT2D eigenvalue weighted by Gasteiger charge is -2.36. The van der Waals surface area contributed by atoms with Gasteiger partial charge in [0.1, 0.15) is 5.69 Å². The average molecular weight is 387 g/mol. The smallest absolute Gasteiger partial charge is 0.321 e. The van der Waals surface area contributed by atoms with E-state index in [1.165, 1.54) is 7.05 Å². The molecule has 2 aromatic rings. The Labute approximate surface area is 163 Å². The molecule has 0 radical (unpaired) electrons. The molecule has 1 fully saturated rings. The van der Waals surface area contributed by atoms with E-state index in [0.29, 0.717) is 18.1 Å². The molecule has 28 heavy (non-hydrogen) atoms. The molecule has 0 aromatic carbocycles. The van der Waals surface area contributed by atoms with Gasteiger partial charge in [0.15, 0.2) is 0 Å². The van der Waals surface area contributed by atoms with Gasteiger partial charge < -0.3 is 20.1 Å². The molecule has 0 bridgehead atoms. The van der Waals surface area contributed by atoms with Crippen molar-refractivity contribution < 1.29 is 14.1 Å². The van der Waals surface area contributed by atoms with E-state index in [1.54, 1.807) is 19.2 Å². The van der Waals surface area contributed by atoms with Crippen LogP contribution in [0, 0.1) is 6.92 Å². The first-order valence-electron chi connectivity index (χ1n) is 9.11. The zero-order valence-corrected chi connectivity index (χ0v) is 16.3. The number of aromatic nitrogens is 2. The number of carbonyl (C=O) groups is 2. The predicted octanol–water partition coefficient (Wildman–Crippen LogP) is 0.811. The summed E-state index contributed by atoms with van der Waals surface area (Å²) in [5, 5.41) is 11.6. The van der Waals surface area contributed by atoms with Gasteiger partial charge in [-0.15, -0.1) is 0 Å². The quantitative estimate of drug-likeness (QED) is 0.695. The van der Waals surface area contributed by atoms with Crippen LogP contribution in [0.4, 0.5) is 16.4 Å². The van der Waals surface area contributed by atoms with Crippen LogP contribution in [0.5, 0.6) is 0 Å². The van der Waals surface area contributed by atoms with Crippen molar-refractivity contribution in [2.24, 2.45) is 0 Å². The molecular formula is C18H25N7O3. The number of urea groups is 1. The number of nitrogens with zero attached hydrogens (tertiary/aromatic N) is 4. The number of pyridine rings is 1. The third kappa shape index (κ3) is 4.58. The summed E-state index contributed by atoms with van der Waals surface area (Å²) >= 11 is 0. The summed E-state index contributed by atoms with van der Waals surface area (Å²) in [6, 6.07) is 5.09. The molecule has 1 aliphatic heterocycles. The van der Waals surface area contributed by atoms with Gasteiger partial charge in [-0.3, -0.25) is 15.0 Å². The van der Waals surface area contributed by atoms with Gasteiger partial charge in [0.25, 0.3) is 5.91 Å². The summed E-state index contributed by atoms with van der Waals surface area (Å²) in [6.45, 7) is 6.00. The van der Waals surface area contributed by atoms with E-state index in [1.807, 2.05) is 13.0 Å². The molecule has 2 aromatic heterocycles. The van der Waals surface area contributed by atoms with Crippen LogP contribution >= 0.6 is 0 Å². The first-order valence-corrected chi connectivity index (χ1v) is 9.11. The van der Waals surface area contributed by atoms with E-state index in [2.05, 4.69) is 35.9 Å². The zero-order valence-electron chi connectivity index (χ0n) is 16.3. The lowest BCUT2D eigenvalue weighted by Crippen LogP contribution is -2.46. The lowest BCUT2D eigenvalue weighted by molar-refractivity contribution is 0.0958. The molecule has 10 heteroatoms. The van der Waals surface area contributed by atoms with E-state index in [9.17, 15) is 9.59 Å². The number of anilines is 2. The maximum Gasteiger partial charge on any atom is 0.321 e. The molecule has 1 saturated heterocycles. The van der Waals surface area contributed by atoms with Crippen LogP contribution < -0.4 is 20.9 Å². The second-order valence-electron chi connectivity index (χ2n) is 6.53. The Balaban J connectivity index is 1.55. The lowest BCUT2D eigenvalue weighted by atomic mass is 10.2. The van der Waals surface area contributed by atoms with Gasteiger partial charge in [0.2, 0.25) is 5.88 Å². The Bertz CT molecular complexity index is 843. The zero-order chi connectivity index (χ0) is 20.1. The van der Waals surface area contributed by atoms with E-state index in [-0.39, 0.29) is 11.9 Å². The molecule has 10 nitrogen and oxygen atoms in total. The van der Waals surface area contributed by atoms with E-state index in [4.69, 9.17) is 4.52 Å². The minimum Gasteiger partial charge on any atom is -0.368 e. The Morgan fingerprint density at radius 2 is 1.89 bits per heavy atom. The van der Waals surface area contributed by atoms with E-state index >= 15 is 0 Å². The molecule has 3 amide bonds. The summed E-state index contributed by atoms with van der Waals surface area (Å²) in [5.74, 6) is 0.142. The number of carbonyl (C=O) groups excluding carboxylic acids is 2. The Morgan fingerprint density at radius 3 is 2.54 bits per heavy atom. The SMILES string of the molecule is CNC(=O)Nc1cc(CN2CCN(c3ccc(C(=O)NC)nc3C)CC2)no1.